The molecule has 1 amide bonds. The zero-order valence-corrected chi connectivity index (χ0v) is 15.0. The molecule has 0 unspecified atom stereocenters. The first kappa shape index (κ1) is 17.6. The number of nitrogens with one attached hydrogen (secondary N) is 1. The van der Waals surface area contributed by atoms with Gasteiger partial charge in [-0.1, -0.05) is 54.3 Å². The second kappa shape index (κ2) is 8.24. The van der Waals surface area contributed by atoms with Crippen molar-refractivity contribution in [3.63, 3.8) is 0 Å². The number of hydrogen-bond acceptors (Lipinski definition) is 4. The number of benzene rings is 2. The molecular weight excluding hydrogens is 344 g/mol. The molecule has 0 aliphatic carbocycles. The molecule has 0 bridgehead atoms. The van der Waals surface area contributed by atoms with E-state index >= 15 is 0 Å². The number of thiazole rings is 1. The topological polar surface area (TPSA) is 59.1 Å². The van der Waals surface area contributed by atoms with Crippen molar-refractivity contribution in [1.29, 1.82) is 0 Å². The fourth-order valence-corrected chi connectivity index (χ4v) is 3.05. The standard InChI is InChI=1S/C21H16N2O2S/c1-15(24)17-11-9-16(10-12-17)6-5-13-22-20(25)19-14-26-21(23-19)18-7-3-2-4-8-18/h2-4,7-12,14H,13H2,1H3,(H,22,25). The van der Waals surface area contributed by atoms with Crippen LogP contribution in [0.2, 0.25) is 0 Å². The van der Waals surface area contributed by atoms with Gasteiger partial charge in [0.2, 0.25) is 0 Å². The molecule has 128 valence electrons. The van der Waals surface area contributed by atoms with Gasteiger partial charge in [0.15, 0.2) is 5.78 Å². The number of aromatic nitrogens is 1. The first-order chi connectivity index (χ1) is 12.6. The van der Waals surface area contributed by atoms with Gasteiger partial charge in [0.05, 0.1) is 6.54 Å². The summed E-state index contributed by atoms with van der Waals surface area (Å²) in [6.45, 7) is 1.75. The largest absolute Gasteiger partial charge is 0.340 e. The van der Waals surface area contributed by atoms with E-state index < -0.39 is 0 Å². The van der Waals surface area contributed by atoms with Crippen LogP contribution in [0, 0.1) is 11.8 Å². The van der Waals surface area contributed by atoms with Crippen LogP contribution in [0.4, 0.5) is 0 Å². The van der Waals surface area contributed by atoms with Crippen LogP contribution in [0.1, 0.15) is 33.3 Å². The summed E-state index contributed by atoms with van der Waals surface area (Å²) in [5.74, 6) is 5.63. The third kappa shape index (κ3) is 4.44. The predicted molar refractivity (Wildman–Crippen MR) is 103 cm³/mol. The SMILES string of the molecule is CC(=O)c1ccc(C#CCNC(=O)c2csc(-c3ccccc3)n2)cc1. The summed E-state index contributed by atoms with van der Waals surface area (Å²) in [4.78, 5) is 27.7. The summed E-state index contributed by atoms with van der Waals surface area (Å²) in [6.07, 6.45) is 0. The molecule has 0 saturated heterocycles. The van der Waals surface area contributed by atoms with Crippen LogP contribution >= 0.6 is 11.3 Å². The fourth-order valence-electron chi connectivity index (χ4n) is 2.24. The van der Waals surface area contributed by atoms with Gasteiger partial charge in [-0.05, 0) is 19.1 Å². The first-order valence-corrected chi connectivity index (χ1v) is 8.90. The molecule has 1 aromatic heterocycles. The molecule has 3 rings (SSSR count). The molecule has 0 atom stereocenters. The molecule has 0 saturated carbocycles. The molecule has 0 spiro atoms. The summed E-state index contributed by atoms with van der Waals surface area (Å²) in [5, 5.41) is 5.30. The van der Waals surface area contributed by atoms with Crippen molar-refractivity contribution in [2.24, 2.45) is 0 Å². The Kier molecular flexibility index (Phi) is 5.57. The van der Waals surface area contributed by atoms with Crippen molar-refractivity contribution < 1.29 is 9.59 Å². The molecule has 0 radical (unpaired) electrons. The Morgan fingerprint density at radius 1 is 1.08 bits per heavy atom. The minimum absolute atomic E-state index is 0.0231. The van der Waals surface area contributed by atoms with Gasteiger partial charge < -0.3 is 5.32 Å². The number of carbonyl (C=O) groups is 2. The van der Waals surface area contributed by atoms with E-state index in [9.17, 15) is 9.59 Å². The maximum atomic E-state index is 12.1. The van der Waals surface area contributed by atoms with Crippen LogP contribution in [0.5, 0.6) is 0 Å². The van der Waals surface area contributed by atoms with Gasteiger partial charge in [-0.2, -0.15) is 0 Å². The van der Waals surface area contributed by atoms with E-state index in [0.29, 0.717) is 11.3 Å². The average Bonchev–Trinajstić information content (AvgIpc) is 3.16. The predicted octanol–water partition coefficient (Wildman–Crippen LogP) is 3.79. The number of hydrogen-bond donors (Lipinski definition) is 1. The lowest BCUT2D eigenvalue weighted by Gasteiger charge is -1.97. The van der Waals surface area contributed by atoms with E-state index in [1.165, 1.54) is 18.3 Å². The Labute approximate surface area is 155 Å². The van der Waals surface area contributed by atoms with Crippen molar-refractivity contribution >= 4 is 23.0 Å². The normalized spacial score (nSPS) is 9.88. The quantitative estimate of drug-likeness (QED) is 0.569. The maximum Gasteiger partial charge on any atom is 0.271 e. The van der Waals surface area contributed by atoms with Crippen LogP contribution in [0.15, 0.2) is 60.0 Å². The zero-order chi connectivity index (χ0) is 18.4. The van der Waals surface area contributed by atoms with Crippen molar-refractivity contribution in [2.45, 2.75) is 6.92 Å². The third-order valence-corrected chi connectivity index (χ3v) is 4.51. The molecule has 1 N–H and O–H groups in total. The van der Waals surface area contributed by atoms with Crippen LogP contribution in [-0.4, -0.2) is 23.2 Å². The molecule has 1 heterocycles. The van der Waals surface area contributed by atoms with E-state index in [2.05, 4.69) is 22.1 Å². The Morgan fingerprint density at radius 2 is 1.81 bits per heavy atom. The molecule has 2 aromatic carbocycles. The highest BCUT2D eigenvalue weighted by Gasteiger charge is 2.10. The molecule has 0 aliphatic heterocycles. The van der Waals surface area contributed by atoms with Gasteiger partial charge in [0, 0.05) is 22.1 Å². The summed E-state index contributed by atoms with van der Waals surface area (Å²) >= 11 is 1.44. The van der Waals surface area contributed by atoms with E-state index in [-0.39, 0.29) is 18.2 Å². The van der Waals surface area contributed by atoms with E-state index in [0.717, 1.165) is 16.1 Å². The summed E-state index contributed by atoms with van der Waals surface area (Å²) in [7, 11) is 0. The average molecular weight is 360 g/mol. The molecular formula is C21H16N2O2S. The van der Waals surface area contributed by atoms with Gasteiger partial charge in [-0.15, -0.1) is 11.3 Å². The highest BCUT2D eigenvalue weighted by molar-refractivity contribution is 7.13. The molecule has 3 aromatic rings. The number of carbonyl (C=O) groups excluding carboxylic acids is 2. The molecule has 0 aliphatic rings. The first-order valence-electron chi connectivity index (χ1n) is 8.02. The van der Waals surface area contributed by atoms with Gasteiger partial charge in [0.25, 0.3) is 5.91 Å². The molecule has 5 heteroatoms. The lowest BCUT2D eigenvalue weighted by atomic mass is 10.1. The molecule has 0 fully saturated rings. The zero-order valence-electron chi connectivity index (χ0n) is 14.2. The molecule has 4 nitrogen and oxygen atoms in total. The van der Waals surface area contributed by atoms with Gasteiger partial charge in [0.1, 0.15) is 10.7 Å². The Bertz CT molecular complexity index is 980. The summed E-state index contributed by atoms with van der Waals surface area (Å²) in [6, 6.07) is 16.8. The lowest BCUT2D eigenvalue weighted by Crippen LogP contribution is -2.23. The maximum absolute atomic E-state index is 12.1. The number of nitrogens with zero attached hydrogens (tertiary/aromatic N) is 1. The number of ketones is 1. The van der Waals surface area contributed by atoms with E-state index in [4.69, 9.17) is 0 Å². The second-order valence-corrected chi connectivity index (χ2v) is 6.38. The number of amides is 1. The van der Waals surface area contributed by atoms with Crippen molar-refractivity contribution in [2.75, 3.05) is 6.54 Å². The Morgan fingerprint density at radius 3 is 2.50 bits per heavy atom. The Balaban J connectivity index is 1.57. The van der Waals surface area contributed by atoms with Crippen molar-refractivity contribution in [3.05, 3.63) is 76.8 Å². The number of Topliss-reactive ketones (excluding diaryl/α,β-unsaturated/α-hetero) is 1. The summed E-state index contributed by atoms with van der Waals surface area (Å²) in [5.41, 5.74) is 2.83. The lowest BCUT2D eigenvalue weighted by molar-refractivity contribution is 0.0953. The summed E-state index contributed by atoms with van der Waals surface area (Å²) < 4.78 is 0. The minimum atomic E-state index is -0.246. The van der Waals surface area contributed by atoms with Crippen molar-refractivity contribution in [3.8, 4) is 22.4 Å². The van der Waals surface area contributed by atoms with Crippen LogP contribution < -0.4 is 5.32 Å². The van der Waals surface area contributed by atoms with E-state index in [1.54, 1.807) is 29.6 Å². The van der Waals surface area contributed by atoms with Crippen LogP contribution in [0.25, 0.3) is 10.6 Å². The minimum Gasteiger partial charge on any atom is -0.340 e. The molecule has 26 heavy (non-hydrogen) atoms. The van der Waals surface area contributed by atoms with Crippen LogP contribution in [-0.2, 0) is 0 Å². The third-order valence-electron chi connectivity index (χ3n) is 3.62. The smallest absolute Gasteiger partial charge is 0.271 e. The monoisotopic (exact) mass is 360 g/mol. The Hall–Kier alpha value is -3.23. The highest BCUT2D eigenvalue weighted by Crippen LogP contribution is 2.23. The van der Waals surface area contributed by atoms with Crippen molar-refractivity contribution in [1.82, 2.24) is 10.3 Å². The number of rotatable bonds is 4. The van der Waals surface area contributed by atoms with Gasteiger partial charge in [-0.3, -0.25) is 9.59 Å². The van der Waals surface area contributed by atoms with Crippen LogP contribution in [0.3, 0.4) is 0 Å². The second-order valence-electron chi connectivity index (χ2n) is 5.52. The van der Waals surface area contributed by atoms with E-state index in [1.807, 2.05) is 30.3 Å². The van der Waals surface area contributed by atoms with Gasteiger partial charge >= 0.3 is 0 Å². The van der Waals surface area contributed by atoms with Gasteiger partial charge in [-0.25, -0.2) is 4.98 Å². The fraction of sp³-hybridized carbons (Fsp3) is 0.0952. The highest BCUT2D eigenvalue weighted by atomic mass is 32.1.